The van der Waals surface area contributed by atoms with E-state index in [-0.39, 0.29) is 0 Å². The first-order valence-electron chi connectivity index (χ1n) is 8.72. The second-order valence-electron chi connectivity index (χ2n) is 6.66. The number of hydrogen-bond acceptors (Lipinski definition) is 3. The largest absolute Gasteiger partial charge is 0.497 e. The molecule has 3 nitrogen and oxygen atoms in total. The zero-order valence-electron chi connectivity index (χ0n) is 14.3. The summed E-state index contributed by atoms with van der Waals surface area (Å²) >= 11 is 0. The Hall–Kier alpha value is -1.58. The van der Waals surface area contributed by atoms with E-state index < -0.39 is 0 Å². The summed E-state index contributed by atoms with van der Waals surface area (Å²) in [6, 6.07) is 13.1. The Labute approximate surface area is 139 Å². The normalized spacial score (nSPS) is 16.8. The minimum atomic E-state index is 0.905. The first-order chi connectivity index (χ1) is 11.3. The van der Waals surface area contributed by atoms with Gasteiger partial charge in [0.15, 0.2) is 0 Å². The molecule has 2 aromatic carbocycles. The van der Waals surface area contributed by atoms with Crippen molar-refractivity contribution in [3.05, 3.63) is 42.0 Å². The Morgan fingerprint density at radius 1 is 1.09 bits per heavy atom. The molecule has 23 heavy (non-hydrogen) atoms. The molecule has 0 atom stereocenters. The Morgan fingerprint density at radius 2 is 1.83 bits per heavy atom. The highest BCUT2D eigenvalue weighted by Gasteiger charge is 2.18. The van der Waals surface area contributed by atoms with Gasteiger partial charge in [0.25, 0.3) is 0 Å². The molecule has 1 N–H and O–H groups in total. The molecule has 1 saturated heterocycles. The molecule has 124 valence electrons. The van der Waals surface area contributed by atoms with E-state index in [1.165, 1.54) is 48.7 Å². The van der Waals surface area contributed by atoms with Crippen LogP contribution in [-0.2, 0) is 6.54 Å². The molecule has 3 rings (SSSR count). The molecule has 0 radical (unpaired) electrons. The molecule has 1 aliphatic heterocycles. The monoisotopic (exact) mass is 312 g/mol. The molecule has 1 heterocycles. The van der Waals surface area contributed by atoms with Crippen LogP contribution in [-0.4, -0.2) is 38.7 Å². The van der Waals surface area contributed by atoms with Gasteiger partial charge < -0.3 is 10.1 Å². The fraction of sp³-hybridized carbons (Fsp3) is 0.500. The van der Waals surface area contributed by atoms with E-state index in [0.717, 1.165) is 24.8 Å². The number of rotatable bonds is 6. The molecule has 0 aromatic heterocycles. The third-order valence-electron chi connectivity index (χ3n) is 5.03. The summed E-state index contributed by atoms with van der Waals surface area (Å²) in [6.45, 7) is 4.68. The minimum Gasteiger partial charge on any atom is -0.497 e. The molecule has 0 aliphatic carbocycles. The van der Waals surface area contributed by atoms with Gasteiger partial charge in [-0.25, -0.2) is 0 Å². The lowest BCUT2D eigenvalue weighted by Crippen LogP contribution is -2.34. The van der Waals surface area contributed by atoms with Crippen LogP contribution in [0.4, 0.5) is 0 Å². The van der Waals surface area contributed by atoms with E-state index in [2.05, 4.69) is 40.5 Å². The van der Waals surface area contributed by atoms with Crippen LogP contribution in [0, 0.1) is 5.92 Å². The Kier molecular flexibility index (Phi) is 5.52. The summed E-state index contributed by atoms with van der Waals surface area (Å²) in [5, 5.41) is 5.82. The van der Waals surface area contributed by atoms with Crippen molar-refractivity contribution in [3.8, 4) is 5.75 Å². The summed E-state index contributed by atoms with van der Waals surface area (Å²) in [5.74, 6) is 1.83. The van der Waals surface area contributed by atoms with Crippen LogP contribution in [0.5, 0.6) is 5.75 Å². The van der Waals surface area contributed by atoms with Crippen LogP contribution in [0.25, 0.3) is 10.8 Å². The van der Waals surface area contributed by atoms with Crippen molar-refractivity contribution in [2.75, 3.05) is 33.8 Å². The SMILES string of the molecule is CNCCC1CCN(Cc2ccc3cc(OC)ccc3c2)CC1. The van der Waals surface area contributed by atoms with Crippen molar-refractivity contribution in [2.45, 2.75) is 25.8 Å². The van der Waals surface area contributed by atoms with Crippen LogP contribution in [0.1, 0.15) is 24.8 Å². The summed E-state index contributed by atoms with van der Waals surface area (Å²) in [4.78, 5) is 2.60. The Morgan fingerprint density at radius 3 is 2.57 bits per heavy atom. The van der Waals surface area contributed by atoms with Crippen molar-refractivity contribution in [1.29, 1.82) is 0 Å². The molecule has 0 bridgehead atoms. The number of nitrogens with zero attached hydrogens (tertiary/aromatic N) is 1. The van der Waals surface area contributed by atoms with E-state index in [4.69, 9.17) is 4.74 Å². The van der Waals surface area contributed by atoms with Crippen molar-refractivity contribution in [3.63, 3.8) is 0 Å². The molecule has 1 aliphatic rings. The predicted octanol–water partition coefficient (Wildman–Crippen LogP) is 3.67. The molecule has 0 unspecified atom stereocenters. The second kappa shape index (κ2) is 7.80. The van der Waals surface area contributed by atoms with Crippen molar-refractivity contribution < 1.29 is 4.74 Å². The van der Waals surface area contributed by atoms with Crippen molar-refractivity contribution in [1.82, 2.24) is 10.2 Å². The number of nitrogens with one attached hydrogen (secondary N) is 1. The average molecular weight is 312 g/mol. The standard InChI is InChI=1S/C20H28N2O/c1-21-10-7-16-8-11-22(12-9-16)15-17-3-4-19-14-20(23-2)6-5-18(19)13-17/h3-6,13-14,16,21H,7-12,15H2,1-2H3. The average Bonchev–Trinajstić information content (AvgIpc) is 2.60. The van der Waals surface area contributed by atoms with Gasteiger partial charge in [-0.05, 0) is 86.4 Å². The lowest BCUT2D eigenvalue weighted by Gasteiger charge is -2.32. The topological polar surface area (TPSA) is 24.5 Å². The number of fused-ring (bicyclic) bond motifs is 1. The molecule has 3 heteroatoms. The quantitative estimate of drug-likeness (QED) is 0.881. The molecule has 2 aromatic rings. The van der Waals surface area contributed by atoms with Gasteiger partial charge in [-0.3, -0.25) is 4.90 Å². The van der Waals surface area contributed by atoms with E-state index in [0.29, 0.717) is 0 Å². The highest BCUT2D eigenvalue weighted by Crippen LogP contribution is 2.24. The van der Waals surface area contributed by atoms with Gasteiger partial charge in [-0.2, -0.15) is 0 Å². The molecular formula is C20H28N2O. The van der Waals surface area contributed by atoms with E-state index in [9.17, 15) is 0 Å². The number of benzene rings is 2. The van der Waals surface area contributed by atoms with Crippen LogP contribution >= 0.6 is 0 Å². The lowest BCUT2D eigenvalue weighted by molar-refractivity contribution is 0.172. The maximum Gasteiger partial charge on any atom is 0.119 e. The van der Waals surface area contributed by atoms with E-state index >= 15 is 0 Å². The Balaban J connectivity index is 1.59. The molecule has 1 fully saturated rings. The summed E-state index contributed by atoms with van der Waals surface area (Å²) in [5.41, 5.74) is 1.41. The van der Waals surface area contributed by atoms with Gasteiger partial charge in [0.05, 0.1) is 7.11 Å². The Bertz CT molecular complexity index is 633. The summed E-state index contributed by atoms with van der Waals surface area (Å²) in [7, 11) is 3.76. The fourth-order valence-electron chi connectivity index (χ4n) is 3.54. The van der Waals surface area contributed by atoms with Gasteiger partial charge in [0.2, 0.25) is 0 Å². The molecular weight excluding hydrogens is 284 g/mol. The molecule has 0 spiro atoms. The van der Waals surface area contributed by atoms with Crippen molar-refractivity contribution >= 4 is 10.8 Å². The lowest BCUT2D eigenvalue weighted by atomic mass is 9.93. The predicted molar refractivity (Wildman–Crippen MR) is 97.0 cm³/mol. The number of ether oxygens (including phenoxy) is 1. The van der Waals surface area contributed by atoms with Crippen LogP contribution in [0.15, 0.2) is 36.4 Å². The van der Waals surface area contributed by atoms with Crippen LogP contribution < -0.4 is 10.1 Å². The summed E-state index contributed by atoms with van der Waals surface area (Å²) in [6.07, 6.45) is 4.00. The van der Waals surface area contributed by atoms with Gasteiger partial charge in [0.1, 0.15) is 5.75 Å². The van der Waals surface area contributed by atoms with E-state index in [1.54, 1.807) is 7.11 Å². The summed E-state index contributed by atoms with van der Waals surface area (Å²) < 4.78 is 5.30. The van der Waals surface area contributed by atoms with E-state index in [1.807, 2.05) is 13.1 Å². The van der Waals surface area contributed by atoms with Gasteiger partial charge in [-0.1, -0.05) is 18.2 Å². The van der Waals surface area contributed by atoms with Crippen LogP contribution in [0.3, 0.4) is 0 Å². The highest BCUT2D eigenvalue weighted by molar-refractivity contribution is 5.84. The van der Waals surface area contributed by atoms with Crippen molar-refractivity contribution in [2.24, 2.45) is 5.92 Å². The third-order valence-corrected chi connectivity index (χ3v) is 5.03. The first-order valence-corrected chi connectivity index (χ1v) is 8.72. The maximum atomic E-state index is 5.30. The number of likely N-dealkylation sites (tertiary alicyclic amines) is 1. The molecule has 0 saturated carbocycles. The van der Waals surface area contributed by atoms with Gasteiger partial charge in [0, 0.05) is 6.54 Å². The third kappa shape index (κ3) is 4.24. The maximum absolute atomic E-state index is 5.30. The zero-order chi connectivity index (χ0) is 16.1. The number of methoxy groups -OCH3 is 1. The second-order valence-corrected chi connectivity index (χ2v) is 6.66. The van der Waals surface area contributed by atoms with Crippen LogP contribution in [0.2, 0.25) is 0 Å². The molecule has 0 amide bonds. The van der Waals surface area contributed by atoms with Gasteiger partial charge in [-0.15, -0.1) is 0 Å². The minimum absolute atomic E-state index is 0.905. The fourth-order valence-corrected chi connectivity index (χ4v) is 3.54. The van der Waals surface area contributed by atoms with Gasteiger partial charge >= 0.3 is 0 Å². The smallest absolute Gasteiger partial charge is 0.119 e. The highest BCUT2D eigenvalue weighted by atomic mass is 16.5. The first kappa shape index (κ1) is 16.3. The number of piperidine rings is 1. The zero-order valence-corrected chi connectivity index (χ0v) is 14.3. The number of hydrogen-bond donors (Lipinski definition) is 1.